The zero-order valence-electron chi connectivity index (χ0n) is 13.5. The van der Waals surface area contributed by atoms with Gasteiger partial charge >= 0.3 is 0 Å². The van der Waals surface area contributed by atoms with Crippen LogP contribution < -0.4 is 5.32 Å². The smallest absolute Gasteiger partial charge is 0.211 e. The number of hydrogen-bond acceptors (Lipinski definition) is 3. The minimum atomic E-state index is -3.02. The maximum atomic E-state index is 11.8. The third kappa shape index (κ3) is 4.20. The van der Waals surface area contributed by atoms with E-state index in [2.05, 4.69) is 12.2 Å². The fourth-order valence-electron chi connectivity index (χ4n) is 3.98. The van der Waals surface area contributed by atoms with E-state index in [1.165, 1.54) is 44.8 Å². The van der Waals surface area contributed by atoms with E-state index in [1.807, 2.05) is 0 Å². The van der Waals surface area contributed by atoms with Crippen LogP contribution in [0.25, 0.3) is 0 Å². The van der Waals surface area contributed by atoms with E-state index in [9.17, 15) is 8.42 Å². The molecular formula is C16H30N2O2S. The fraction of sp³-hybridized carbons (Fsp3) is 1.00. The average molecular weight is 314 g/mol. The summed E-state index contributed by atoms with van der Waals surface area (Å²) in [5.41, 5.74) is 0.369. The molecule has 3 rings (SSSR count). The van der Waals surface area contributed by atoms with Crippen molar-refractivity contribution in [2.45, 2.75) is 57.9 Å². The zero-order chi connectivity index (χ0) is 15.1. The molecule has 1 heterocycles. The van der Waals surface area contributed by atoms with Crippen LogP contribution in [0, 0.1) is 17.3 Å². The lowest BCUT2D eigenvalue weighted by molar-refractivity contribution is 0.151. The molecule has 1 aliphatic heterocycles. The molecule has 0 bridgehead atoms. The quantitative estimate of drug-likeness (QED) is 0.784. The molecule has 0 radical (unpaired) electrons. The normalized spacial score (nSPS) is 31.0. The summed E-state index contributed by atoms with van der Waals surface area (Å²) in [7, 11) is -3.02. The van der Waals surface area contributed by atoms with Crippen LogP contribution in [0.5, 0.6) is 0 Å². The summed E-state index contributed by atoms with van der Waals surface area (Å²) >= 11 is 0. The first-order valence-corrected chi connectivity index (χ1v) is 10.4. The summed E-state index contributed by atoms with van der Waals surface area (Å²) in [5, 5.41) is 3.72. The van der Waals surface area contributed by atoms with Crippen molar-refractivity contribution < 1.29 is 8.42 Å². The van der Waals surface area contributed by atoms with E-state index in [4.69, 9.17) is 0 Å². The largest absolute Gasteiger partial charge is 0.313 e. The summed E-state index contributed by atoms with van der Waals surface area (Å²) < 4.78 is 25.3. The molecular weight excluding hydrogens is 284 g/mol. The summed E-state index contributed by atoms with van der Waals surface area (Å²) in [6, 6.07) is 0.766. The Balaban J connectivity index is 1.59. The van der Waals surface area contributed by atoms with Crippen molar-refractivity contribution in [3.8, 4) is 0 Å². The molecule has 2 atom stereocenters. The Kier molecular flexibility index (Phi) is 4.37. The molecule has 1 saturated heterocycles. The molecule has 3 fully saturated rings. The highest BCUT2D eigenvalue weighted by Crippen LogP contribution is 2.49. The monoisotopic (exact) mass is 314 g/mol. The minimum Gasteiger partial charge on any atom is -0.313 e. The van der Waals surface area contributed by atoms with Gasteiger partial charge in [0.1, 0.15) is 0 Å². The Labute approximate surface area is 129 Å². The van der Waals surface area contributed by atoms with Crippen LogP contribution in [0.3, 0.4) is 0 Å². The van der Waals surface area contributed by atoms with Crippen molar-refractivity contribution in [1.82, 2.24) is 9.62 Å². The van der Waals surface area contributed by atoms with Gasteiger partial charge in [0.25, 0.3) is 0 Å². The van der Waals surface area contributed by atoms with Gasteiger partial charge in [-0.05, 0) is 62.2 Å². The first kappa shape index (κ1) is 15.8. The van der Waals surface area contributed by atoms with Gasteiger partial charge in [-0.25, -0.2) is 12.7 Å². The van der Waals surface area contributed by atoms with Crippen LogP contribution in [0.15, 0.2) is 0 Å². The van der Waals surface area contributed by atoms with Gasteiger partial charge in [0, 0.05) is 25.7 Å². The maximum absolute atomic E-state index is 11.8. The number of nitrogens with one attached hydrogen (secondary N) is 1. The molecule has 3 aliphatic rings. The molecule has 1 N–H and O–H groups in total. The van der Waals surface area contributed by atoms with E-state index in [0.29, 0.717) is 11.3 Å². The van der Waals surface area contributed by atoms with Gasteiger partial charge in [-0.15, -0.1) is 0 Å². The SMILES string of the molecule is CC(CNC1CC1)(CC1CCCN(S(C)(=O)=O)C1)C1CC1. The number of hydrogen-bond donors (Lipinski definition) is 1. The Hall–Kier alpha value is -0.130. The molecule has 2 aliphatic carbocycles. The standard InChI is InChI=1S/C16H30N2O2S/c1-16(14-5-6-14,12-17-15-7-8-15)10-13-4-3-9-18(11-13)21(2,19)20/h13-15,17H,3-12H2,1-2H3. The second-order valence-electron chi connectivity index (χ2n) is 7.92. The van der Waals surface area contributed by atoms with Crippen LogP contribution in [-0.2, 0) is 10.0 Å². The maximum Gasteiger partial charge on any atom is 0.211 e. The van der Waals surface area contributed by atoms with Crippen molar-refractivity contribution >= 4 is 10.0 Å². The van der Waals surface area contributed by atoms with Crippen LogP contribution in [-0.4, -0.2) is 44.7 Å². The van der Waals surface area contributed by atoms with Gasteiger partial charge < -0.3 is 5.32 Å². The number of rotatable bonds is 7. The molecule has 0 aromatic carbocycles. The van der Waals surface area contributed by atoms with E-state index in [0.717, 1.165) is 38.0 Å². The van der Waals surface area contributed by atoms with Crippen LogP contribution >= 0.6 is 0 Å². The van der Waals surface area contributed by atoms with E-state index in [-0.39, 0.29) is 0 Å². The third-order valence-electron chi connectivity index (χ3n) is 5.64. The van der Waals surface area contributed by atoms with Crippen molar-refractivity contribution in [2.24, 2.45) is 17.3 Å². The number of sulfonamides is 1. The molecule has 5 heteroatoms. The first-order chi connectivity index (χ1) is 9.87. The minimum absolute atomic E-state index is 0.369. The Morgan fingerprint density at radius 2 is 1.90 bits per heavy atom. The van der Waals surface area contributed by atoms with Gasteiger partial charge in [0.05, 0.1) is 6.26 Å². The number of piperidine rings is 1. The summed E-state index contributed by atoms with van der Waals surface area (Å²) in [6.45, 7) is 5.01. The van der Waals surface area contributed by atoms with Gasteiger partial charge in [-0.3, -0.25) is 0 Å². The predicted molar refractivity (Wildman–Crippen MR) is 85.6 cm³/mol. The lowest BCUT2D eigenvalue weighted by Gasteiger charge is -2.38. The Morgan fingerprint density at radius 1 is 1.19 bits per heavy atom. The van der Waals surface area contributed by atoms with E-state index in [1.54, 1.807) is 4.31 Å². The van der Waals surface area contributed by atoms with Crippen LogP contribution in [0.2, 0.25) is 0 Å². The van der Waals surface area contributed by atoms with E-state index >= 15 is 0 Å². The molecule has 2 saturated carbocycles. The molecule has 21 heavy (non-hydrogen) atoms. The molecule has 0 aromatic heterocycles. The topological polar surface area (TPSA) is 49.4 Å². The van der Waals surface area contributed by atoms with Crippen LogP contribution in [0.4, 0.5) is 0 Å². The average Bonchev–Trinajstić information content (AvgIpc) is 3.28. The van der Waals surface area contributed by atoms with Gasteiger partial charge in [-0.1, -0.05) is 6.92 Å². The van der Waals surface area contributed by atoms with Crippen molar-refractivity contribution in [3.05, 3.63) is 0 Å². The number of nitrogens with zero attached hydrogens (tertiary/aromatic N) is 1. The lowest BCUT2D eigenvalue weighted by Crippen LogP contribution is -2.43. The van der Waals surface area contributed by atoms with Gasteiger partial charge in [0.15, 0.2) is 0 Å². The van der Waals surface area contributed by atoms with Crippen molar-refractivity contribution in [2.75, 3.05) is 25.9 Å². The molecule has 122 valence electrons. The second kappa shape index (κ2) is 5.82. The molecule has 0 aromatic rings. The zero-order valence-corrected chi connectivity index (χ0v) is 14.3. The summed E-state index contributed by atoms with van der Waals surface area (Å²) in [5.74, 6) is 1.40. The van der Waals surface area contributed by atoms with Crippen LogP contribution in [0.1, 0.15) is 51.9 Å². The molecule has 0 amide bonds. The highest BCUT2D eigenvalue weighted by Gasteiger charge is 2.44. The Morgan fingerprint density at radius 3 is 2.48 bits per heavy atom. The van der Waals surface area contributed by atoms with Gasteiger partial charge in [0.2, 0.25) is 10.0 Å². The summed E-state index contributed by atoms with van der Waals surface area (Å²) in [6.07, 6.45) is 10.2. The molecule has 0 spiro atoms. The van der Waals surface area contributed by atoms with Gasteiger partial charge in [-0.2, -0.15) is 0 Å². The van der Waals surface area contributed by atoms with E-state index < -0.39 is 10.0 Å². The summed E-state index contributed by atoms with van der Waals surface area (Å²) in [4.78, 5) is 0. The predicted octanol–water partition coefficient (Wildman–Crippen LogP) is 2.22. The molecule has 2 unspecified atom stereocenters. The lowest BCUT2D eigenvalue weighted by atomic mass is 9.75. The third-order valence-corrected chi connectivity index (χ3v) is 6.91. The molecule has 4 nitrogen and oxygen atoms in total. The second-order valence-corrected chi connectivity index (χ2v) is 9.90. The van der Waals surface area contributed by atoms with Crippen molar-refractivity contribution in [3.63, 3.8) is 0 Å². The highest BCUT2D eigenvalue weighted by atomic mass is 32.2. The Bertz CT molecular complexity index is 471. The highest BCUT2D eigenvalue weighted by molar-refractivity contribution is 7.88. The fourth-order valence-corrected chi connectivity index (χ4v) is 4.92. The first-order valence-electron chi connectivity index (χ1n) is 8.55. The van der Waals surface area contributed by atoms with Crippen molar-refractivity contribution in [1.29, 1.82) is 0 Å².